The maximum absolute atomic E-state index is 12.7. The van der Waals surface area contributed by atoms with Gasteiger partial charge in [0.2, 0.25) is 5.91 Å². The molecule has 0 bridgehead atoms. The van der Waals surface area contributed by atoms with Crippen LogP contribution in [-0.4, -0.2) is 54.9 Å². The van der Waals surface area contributed by atoms with Gasteiger partial charge in [-0.3, -0.25) is 4.79 Å². The zero-order valence-corrected chi connectivity index (χ0v) is 15.3. The van der Waals surface area contributed by atoms with Gasteiger partial charge in [0.1, 0.15) is 5.75 Å². The fourth-order valence-corrected chi connectivity index (χ4v) is 3.02. The standard InChI is InChI=1S/C18H23F3N2O4/c1-3-26-17(25)23-10-4-5-14(12-23)16(24)22(2)11-13-6-8-15(9-7-13)27-18(19,20)21/h6-9,14H,3-5,10-12H2,1-2H3. The number of ether oxygens (including phenoxy) is 2. The topological polar surface area (TPSA) is 59.1 Å². The maximum Gasteiger partial charge on any atom is 0.573 e. The number of amides is 2. The third kappa shape index (κ3) is 6.33. The monoisotopic (exact) mass is 388 g/mol. The number of hydrogen-bond donors (Lipinski definition) is 0. The Bertz CT molecular complexity index is 649. The quantitative estimate of drug-likeness (QED) is 0.776. The van der Waals surface area contributed by atoms with Crippen molar-refractivity contribution >= 4 is 12.0 Å². The number of carbonyl (C=O) groups is 2. The van der Waals surface area contributed by atoms with Gasteiger partial charge in [-0.15, -0.1) is 13.2 Å². The Kier molecular flexibility index (Phi) is 6.92. The van der Waals surface area contributed by atoms with Crippen molar-refractivity contribution in [1.29, 1.82) is 0 Å². The van der Waals surface area contributed by atoms with Crippen LogP contribution < -0.4 is 4.74 Å². The van der Waals surface area contributed by atoms with E-state index < -0.39 is 12.5 Å². The fraction of sp³-hybridized carbons (Fsp3) is 0.556. The van der Waals surface area contributed by atoms with Crippen molar-refractivity contribution in [3.8, 4) is 5.75 Å². The molecule has 2 amide bonds. The van der Waals surface area contributed by atoms with E-state index in [1.54, 1.807) is 14.0 Å². The Morgan fingerprint density at radius 1 is 1.26 bits per heavy atom. The molecule has 1 fully saturated rings. The average Bonchev–Trinajstić information content (AvgIpc) is 2.62. The molecule has 1 aromatic rings. The molecule has 0 saturated carbocycles. The highest BCUT2D eigenvalue weighted by atomic mass is 19.4. The van der Waals surface area contributed by atoms with Gasteiger partial charge in [0, 0.05) is 26.7 Å². The van der Waals surface area contributed by atoms with E-state index in [2.05, 4.69) is 4.74 Å². The van der Waals surface area contributed by atoms with Crippen LogP contribution in [0.2, 0.25) is 0 Å². The predicted molar refractivity (Wildman–Crippen MR) is 90.9 cm³/mol. The van der Waals surface area contributed by atoms with E-state index in [0.717, 1.165) is 0 Å². The van der Waals surface area contributed by atoms with Crippen LogP contribution in [0.25, 0.3) is 0 Å². The van der Waals surface area contributed by atoms with Gasteiger partial charge in [0.15, 0.2) is 0 Å². The van der Waals surface area contributed by atoms with Crippen LogP contribution in [0.4, 0.5) is 18.0 Å². The molecule has 1 unspecified atom stereocenters. The largest absolute Gasteiger partial charge is 0.573 e. The van der Waals surface area contributed by atoms with Gasteiger partial charge < -0.3 is 19.3 Å². The number of hydrogen-bond acceptors (Lipinski definition) is 4. The Balaban J connectivity index is 1.92. The summed E-state index contributed by atoms with van der Waals surface area (Å²) in [5.41, 5.74) is 0.679. The molecule has 1 heterocycles. The van der Waals surface area contributed by atoms with E-state index in [1.165, 1.54) is 34.1 Å². The predicted octanol–water partition coefficient (Wildman–Crippen LogP) is 3.41. The van der Waals surface area contributed by atoms with Gasteiger partial charge >= 0.3 is 12.5 Å². The van der Waals surface area contributed by atoms with E-state index in [4.69, 9.17) is 4.74 Å². The van der Waals surface area contributed by atoms with Crippen LogP contribution in [0.5, 0.6) is 5.75 Å². The molecule has 150 valence electrons. The molecule has 0 N–H and O–H groups in total. The summed E-state index contributed by atoms with van der Waals surface area (Å²) in [5.74, 6) is -0.738. The number of likely N-dealkylation sites (tertiary alicyclic amines) is 1. The van der Waals surface area contributed by atoms with Crippen molar-refractivity contribution < 1.29 is 32.2 Å². The molecule has 1 aliphatic heterocycles. The number of alkyl halides is 3. The normalized spacial score (nSPS) is 17.4. The minimum absolute atomic E-state index is 0.111. The zero-order valence-electron chi connectivity index (χ0n) is 15.3. The first-order chi connectivity index (χ1) is 12.7. The SMILES string of the molecule is CCOC(=O)N1CCCC(C(=O)N(C)Cc2ccc(OC(F)(F)F)cc2)C1. The Morgan fingerprint density at radius 3 is 2.52 bits per heavy atom. The van der Waals surface area contributed by atoms with Crippen molar-refractivity contribution in [2.24, 2.45) is 5.92 Å². The first-order valence-electron chi connectivity index (χ1n) is 8.71. The molecule has 1 atom stereocenters. The molecule has 0 spiro atoms. The number of benzene rings is 1. The van der Waals surface area contributed by atoms with Crippen molar-refractivity contribution in [3.05, 3.63) is 29.8 Å². The summed E-state index contributed by atoms with van der Waals surface area (Å²) in [7, 11) is 1.63. The summed E-state index contributed by atoms with van der Waals surface area (Å²) in [6, 6.07) is 5.39. The van der Waals surface area contributed by atoms with Crippen LogP contribution in [0.3, 0.4) is 0 Å². The minimum atomic E-state index is -4.74. The lowest BCUT2D eigenvalue weighted by atomic mass is 9.96. The molecule has 9 heteroatoms. The maximum atomic E-state index is 12.7. The number of nitrogens with zero attached hydrogens (tertiary/aromatic N) is 2. The zero-order chi connectivity index (χ0) is 20.0. The fourth-order valence-electron chi connectivity index (χ4n) is 3.02. The number of piperidine rings is 1. The second kappa shape index (κ2) is 8.96. The van der Waals surface area contributed by atoms with Gasteiger partial charge in [-0.1, -0.05) is 12.1 Å². The summed E-state index contributed by atoms with van der Waals surface area (Å²) in [6.07, 6.45) is -3.76. The number of carbonyl (C=O) groups excluding carboxylic acids is 2. The van der Waals surface area contributed by atoms with Crippen molar-refractivity contribution in [1.82, 2.24) is 9.80 Å². The van der Waals surface area contributed by atoms with Crippen LogP contribution in [0, 0.1) is 5.92 Å². The summed E-state index contributed by atoms with van der Waals surface area (Å²) in [6.45, 7) is 3.12. The summed E-state index contributed by atoms with van der Waals surface area (Å²) >= 11 is 0. The summed E-state index contributed by atoms with van der Waals surface area (Å²) < 4.78 is 45.4. The molecule has 2 rings (SSSR count). The highest BCUT2D eigenvalue weighted by Crippen LogP contribution is 2.24. The van der Waals surface area contributed by atoms with E-state index >= 15 is 0 Å². The van der Waals surface area contributed by atoms with Crippen molar-refractivity contribution in [2.75, 3.05) is 26.7 Å². The van der Waals surface area contributed by atoms with E-state index in [-0.39, 0.29) is 30.7 Å². The molecule has 1 aliphatic rings. The lowest BCUT2D eigenvalue weighted by Crippen LogP contribution is -2.45. The average molecular weight is 388 g/mol. The van der Waals surface area contributed by atoms with Crippen molar-refractivity contribution in [2.45, 2.75) is 32.7 Å². The van der Waals surface area contributed by atoms with Crippen LogP contribution in [-0.2, 0) is 16.1 Å². The minimum Gasteiger partial charge on any atom is -0.450 e. The highest BCUT2D eigenvalue weighted by molar-refractivity contribution is 5.80. The molecule has 1 aromatic carbocycles. The van der Waals surface area contributed by atoms with E-state index in [0.29, 0.717) is 31.5 Å². The molecule has 1 saturated heterocycles. The molecule has 27 heavy (non-hydrogen) atoms. The second-order valence-electron chi connectivity index (χ2n) is 6.37. The highest BCUT2D eigenvalue weighted by Gasteiger charge is 2.32. The first-order valence-corrected chi connectivity index (χ1v) is 8.71. The number of halogens is 3. The Morgan fingerprint density at radius 2 is 1.93 bits per heavy atom. The molecule has 0 aromatic heterocycles. The first kappa shape index (κ1) is 20.9. The molecular formula is C18H23F3N2O4. The van der Waals surface area contributed by atoms with E-state index in [1.807, 2.05) is 0 Å². The summed E-state index contributed by atoms with van der Waals surface area (Å²) in [4.78, 5) is 27.5. The van der Waals surface area contributed by atoms with Gasteiger partial charge in [-0.05, 0) is 37.5 Å². The third-order valence-corrected chi connectivity index (χ3v) is 4.25. The molecule has 6 nitrogen and oxygen atoms in total. The van der Waals surface area contributed by atoms with Crippen LogP contribution >= 0.6 is 0 Å². The second-order valence-corrected chi connectivity index (χ2v) is 6.37. The van der Waals surface area contributed by atoms with Crippen LogP contribution in [0.1, 0.15) is 25.3 Å². The third-order valence-electron chi connectivity index (χ3n) is 4.25. The molecule has 0 aliphatic carbocycles. The molecular weight excluding hydrogens is 365 g/mol. The van der Waals surface area contributed by atoms with E-state index in [9.17, 15) is 22.8 Å². The van der Waals surface area contributed by atoms with Gasteiger partial charge in [0.25, 0.3) is 0 Å². The lowest BCUT2D eigenvalue weighted by molar-refractivity contribution is -0.274. The summed E-state index contributed by atoms with van der Waals surface area (Å²) in [5, 5.41) is 0. The van der Waals surface area contributed by atoms with Gasteiger partial charge in [0.05, 0.1) is 12.5 Å². The van der Waals surface area contributed by atoms with Gasteiger partial charge in [-0.2, -0.15) is 0 Å². The smallest absolute Gasteiger partial charge is 0.450 e. The van der Waals surface area contributed by atoms with Gasteiger partial charge in [-0.25, -0.2) is 4.79 Å². The van der Waals surface area contributed by atoms with Crippen molar-refractivity contribution in [3.63, 3.8) is 0 Å². The lowest BCUT2D eigenvalue weighted by Gasteiger charge is -2.33. The Hall–Kier alpha value is -2.45. The number of rotatable bonds is 5. The van der Waals surface area contributed by atoms with Crippen LogP contribution in [0.15, 0.2) is 24.3 Å². The Labute approximate surface area is 155 Å². The molecule has 0 radical (unpaired) electrons.